The number of carbonyl (C=O) groups excluding carboxylic acids is 2. The molecule has 1 aromatic carbocycles. The summed E-state index contributed by atoms with van der Waals surface area (Å²) in [6.45, 7) is 10.6. The van der Waals surface area contributed by atoms with E-state index in [-0.39, 0.29) is 35.3 Å². The van der Waals surface area contributed by atoms with Crippen LogP contribution in [0.5, 0.6) is 17.2 Å². The van der Waals surface area contributed by atoms with Crippen molar-refractivity contribution in [3.63, 3.8) is 0 Å². The second-order valence-corrected chi connectivity index (χ2v) is 8.72. The lowest BCUT2D eigenvalue weighted by molar-refractivity contribution is -0.138. The highest BCUT2D eigenvalue weighted by molar-refractivity contribution is 5.76. The first-order valence-corrected chi connectivity index (χ1v) is 11.5. The molecular formula is C25H40O5. The molecule has 0 radical (unpaired) electrons. The van der Waals surface area contributed by atoms with Crippen molar-refractivity contribution in [1.29, 1.82) is 0 Å². The zero-order chi connectivity index (χ0) is 22.4. The smallest absolute Gasteiger partial charge is 0.311 e. The molecule has 0 aliphatic heterocycles. The SMILES string of the molecule is CCCCCCCCCOc1ccc(OC(=O)CC(C)C)c(OC(=O)CC(C)C)c1. The Hall–Kier alpha value is -2.04. The van der Waals surface area contributed by atoms with Crippen molar-refractivity contribution in [3.05, 3.63) is 18.2 Å². The van der Waals surface area contributed by atoms with Crippen molar-refractivity contribution in [2.24, 2.45) is 11.8 Å². The predicted molar refractivity (Wildman–Crippen MR) is 120 cm³/mol. The summed E-state index contributed by atoms with van der Waals surface area (Å²) in [5.41, 5.74) is 0. The van der Waals surface area contributed by atoms with E-state index in [1.54, 1.807) is 18.2 Å². The van der Waals surface area contributed by atoms with Crippen molar-refractivity contribution >= 4 is 11.9 Å². The molecule has 5 heteroatoms. The van der Waals surface area contributed by atoms with Crippen LogP contribution in [0.15, 0.2) is 18.2 Å². The topological polar surface area (TPSA) is 61.8 Å². The molecule has 0 fully saturated rings. The lowest BCUT2D eigenvalue weighted by Crippen LogP contribution is -2.14. The van der Waals surface area contributed by atoms with E-state index in [1.165, 1.54) is 32.1 Å². The van der Waals surface area contributed by atoms with Crippen LogP contribution in [-0.4, -0.2) is 18.5 Å². The highest BCUT2D eigenvalue weighted by Gasteiger charge is 2.17. The van der Waals surface area contributed by atoms with Crippen molar-refractivity contribution in [2.45, 2.75) is 92.4 Å². The largest absolute Gasteiger partial charge is 0.493 e. The number of hydrogen-bond donors (Lipinski definition) is 0. The Labute approximate surface area is 182 Å². The molecule has 1 aromatic rings. The van der Waals surface area contributed by atoms with Crippen molar-refractivity contribution in [2.75, 3.05) is 6.61 Å². The molecule has 0 aliphatic rings. The standard InChI is InChI=1S/C25H40O5/c1-6-7-8-9-10-11-12-15-28-21-13-14-22(29-24(26)16-19(2)3)23(18-21)30-25(27)17-20(4)5/h13-14,18-20H,6-12,15-17H2,1-5H3. The minimum absolute atomic E-state index is 0.182. The molecule has 0 unspecified atom stereocenters. The van der Waals surface area contributed by atoms with E-state index in [1.807, 2.05) is 27.7 Å². The maximum Gasteiger partial charge on any atom is 0.311 e. The number of unbranched alkanes of at least 4 members (excludes halogenated alkanes) is 6. The molecule has 0 saturated carbocycles. The molecule has 0 amide bonds. The summed E-state index contributed by atoms with van der Waals surface area (Å²) < 4.78 is 16.8. The fraction of sp³-hybridized carbons (Fsp3) is 0.680. The fourth-order valence-corrected chi connectivity index (χ4v) is 2.99. The van der Waals surface area contributed by atoms with Gasteiger partial charge >= 0.3 is 11.9 Å². The molecule has 170 valence electrons. The van der Waals surface area contributed by atoms with Gasteiger partial charge in [0, 0.05) is 18.9 Å². The number of esters is 2. The quantitative estimate of drug-likeness (QED) is 0.179. The van der Waals surface area contributed by atoms with Gasteiger partial charge in [0.1, 0.15) is 5.75 Å². The molecule has 0 aromatic heterocycles. The molecule has 0 spiro atoms. The molecule has 0 heterocycles. The first-order chi connectivity index (χ1) is 14.3. The summed E-state index contributed by atoms with van der Waals surface area (Å²) >= 11 is 0. The van der Waals surface area contributed by atoms with E-state index in [2.05, 4.69) is 6.92 Å². The summed E-state index contributed by atoms with van der Waals surface area (Å²) in [6.07, 6.45) is 9.10. The van der Waals surface area contributed by atoms with Gasteiger partial charge in [-0.1, -0.05) is 73.1 Å². The molecule has 1 rings (SSSR count). The maximum absolute atomic E-state index is 12.2. The molecular weight excluding hydrogens is 380 g/mol. The number of carbonyl (C=O) groups is 2. The third-order valence-electron chi connectivity index (χ3n) is 4.53. The molecule has 5 nitrogen and oxygen atoms in total. The third kappa shape index (κ3) is 11.8. The molecule has 0 bridgehead atoms. The average Bonchev–Trinajstić information content (AvgIpc) is 2.64. The van der Waals surface area contributed by atoms with Crippen LogP contribution >= 0.6 is 0 Å². The number of rotatable bonds is 15. The van der Waals surface area contributed by atoms with E-state index in [9.17, 15) is 9.59 Å². The van der Waals surface area contributed by atoms with Gasteiger partial charge in [-0.3, -0.25) is 9.59 Å². The van der Waals surface area contributed by atoms with E-state index < -0.39 is 0 Å². The second-order valence-electron chi connectivity index (χ2n) is 8.72. The van der Waals surface area contributed by atoms with Crippen molar-refractivity contribution in [3.8, 4) is 17.2 Å². The summed E-state index contributed by atoms with van der Waals surface area (Å²) in [6, 6.07) is 5.02. The fourth-order valence-electron chi connectivity index (χ4n) is 2.99. The van der Waals surface area contributed by atoms with Crippen LogP contribution in [0.4, 0.5) is 0 Å². The first-order valence-electron chi connectivity index (χ1n) is 11.5. The van der Waals surface area contributed by atoms with Crippen LogP contribution in [-0.2, 0) is 9.59 Å². The van der Waals surface area contributed by atoms with Crippen LogP contribution in [0.2, 0.25) is 0 Å². The normalized spacial score (nSPS) is 11.0. The molecule has 0 N–H and O–H groups in total. The average molecular weight is 421 g/mol. The summed E-state index contributed by atoms with van der Waals surface area (Å²) in [7, 11) is 0. The Morgan fingerprint density at radius 2 is 1.30 bits per heavy atom. The van der Waals surface area contributed by atoms with Gasteiger partial charge in [-0.25, -0.2) is 0 Å². The summed E-state index contributed by atoms with van der Waals surface area (Å²) in [4.78, 5) is 24.2. The van der Waals surface area contributed by atoms with E-state index in [0.29, 0.717) is 25.2 Å². The Bertz CT molecular complexity index is 636. The minimum atomic E-state index is -0.351. The van der Waals surface area contributed by atoms with Gasteiger partial charge in [0.15, 0.2) is 11.5 Å². The number of ether oxygens (including phenoxy) is 3. The maximum atomic E-state index is 12.2. The van der Waals surface area contributed by atoms with Crippen LogP contribution in [0.25, 0.3) is 0 Å². The van der Waals surface area contributed by atoms with Gasteiger partial charge in [-0.05, 0) is 30.4 Å². The van der Waals surface area contributed by atoms with Crippen LogP contribution in [0.3, 0.4) is 0 Å². The Morgan fingerprint density at radius 3 is 1.87 bits per heavy atom. The Morgan fingerprint density at radius 1 is 0.767 bits per heavy atom. The lowest BCUT2D eigenvalue weighted by atomic mass is 10.1. The van der Waals surface area contributed by atoms with Gasteiger partial charge in [0.2, 0.25) is 0 Å². The second kappa shape index (κ2) is 14.9. The monoisotopic (exact) mass is 420 g/mol. The highest BCUT2D eigenvalue weighted by Crippen LogP contribution is 2.33. The number of hydrogen-bond acceptors (Lipinski definition) is 5. The van der Waals surface area contributed by atoms with E-state index in [4.69, 9.17) is 14.2 Å². The third-order valence-corrected chi connectivity index (χ3v) is 4.53. The molecule has 30 heavy (non-hydrogen) atoms. The van der Waals surface area contributed by atoms with Gasteiger partial charge in [0.05, 0.1) is 6.61 Å². The summed E-state index contributed by atoms with van der Waals surface area (Å²) in [5, 5.41) is 0. The van der Waals surface area contributed by atoms with Crippen molar-refractivity contribution < 1.29 is 23.8 Å². The van der Waals surface area contributed by atoms with E-state index in [0.717, 1.165) is 12.8 Å². The zero-order valence-electron chi connectivity index (χ0n) is 19.5. The van der Waals surface area contributed by atoms with E-state index >= 15 is 0 Å². The van der Waals surface area contributed by atoms with Crippen LogP contribution in [0, 0.1) is 11.8 Å². The highest BCUT2D eigenvalue weighted by atomic mass is 16.6. The Balaban J connectivity index is 2.67. The van der Waals surface area contributed by atoms with Crippen molar-refractivity contribution in [1.82, 2.24) is 0 Å². The van der Waals surface area contributed by atoms with Gasteiger partial charge in [-0.15, -0.1) is 0 Å². The van der Waals surface area contributed by atoms with Crippen LogP contribution in [0.1, 0.15) is 92.4 Å². The molecule has 0 atom stereocenters. The number of benzene rings is 1. The van der Waals surface area contributed by atoms with Gasteiger partial charge in [-0.2, -0.15) is 0 Å². The predicted octanol–water partition coefficient (Wildman–Crippen LogP) is 6.72. The van der Waals surface area contributed by atoms with Gasteiger partial charge < -0.3 is 14.2 Å². The minimum Gasteiger partial charge on any atom is -0.493 e. The lowest BCUT2D eigenvalue weighted by Gasteiger charge is -2.14. The first kappa shape index (κ1) is 26.0. The summed E-state index contributed by atoms with van der Waals surface area (Å²) in [5.74, 6) is 0.765. The van der Waals surface area contributed by atoms with Crippen LogP contribution < -0.4 is 14.2 Å². The molecule has 0 saturated heterocycles. The Kier molecular flexibility index (Phi) is 12.9. The van der Waals surface area contributed by atoms with Gasteiger partial charge in [0.25, 0.3) is 0 Å². The molecule has 0 aliphatic carbocycles. The zero-order valence-corrected chi connectivity index (χ0v) is 19.5.